The van der Waals surface area contributed by atoms with Gasteiger partial charge in [0.1, 0.15) is 5.69 Å². The van der Waals surface area contributed by atoms with Gasteiger partial charge >= 0.3 is 0 Å². The van der Waals surface area contributed by atoms with Crippen LogP contribution in [-0.2, 0) is 9.84 Å². The number of aromatic nitrogens is 2. The predicted molar refractivity (Wildman–Crippen MR) is 98.2 cm³/mol. The van der Waals surface area contributed by atoms with Crippen LogP contribution in [0.1, 0.15) is 34.7 Å². The molecule has 9 heteroatoms. The molecule has 1 aliphatic rings. The van der Waals surface area contributed by atoms with Crippen LogP contribution in [0.5, 0.6) is 5.75 Å². The van der Waals surface area contributed by atoms with Gasteiger partial charge in [-0.3, -0.25) is 4.79 Å². The molecule has 0 saturated heterocycles. The van der Waals surface area contributed by atoms with Crippen LogP contribution in [0.15, 0.2) is 34.3 Å². The molecule has 0 radical (unpaired) electrons. The first-order valence-corrected chi connectivity index (χ1v) is 10.3. The molecule has 0 unspecified atom stereocenters. The molecule has 2 aromatic rings. The van der Waals surface area contributed by atoms with E-state index < -0.39 is 9.84 Å². The normalized spacial score (nSPS) is 14.9. The topological polar surface area (TPSA) is 103 Å². The van der Waals surface area contributed by atoms with Crippen molar-refractivity contribution in [2.45, 2.75) is 18.0 Å². The van der Waals surface area contributed by atoms with Gasteiger partial charge in [0, 0.05) is 37.7 Å². The summed E-state index contributed by atoms with van der Waals surface area (Å²) in [4.78, 5) is 21.3. The lowest BCUT2D eigenvalue weighted by Gasteiger charge is -2.15. The van der Waals surface area contributed by atoms with Gasteiger partial charge in [-0.15, -0.1) is 0 Å². The van der Waals surface area contributed by atoms with Crippen molar-refractivity contribution < 1.29 is 22.4 Å². The van der Waals surface area contributed by atoms with Gasteiger partial charge in [-0.2, -0.15) is 0 Å². The van der Waals surface area contributed by atoms with E-state index in [-0.39, 0.29) is 10.9 Å². The lowest BCUT2D eigenvalue weighted by molar-refractivity contribution is 0.110. The van der Waals surface area contributed by atoms with Crippen LogP contribution < -0.4 is 4.74 Å². The zero-order valence-electron chi connectivity index (χ0n) is 15.4. The number of carbonyl (C=O) groups excluding carboxylic acids is 1. The lowest BCUT2D eigenvalue weighted by atomic mass is 10.0. The SMILES string of the molecule is CN(C)/C=C(\c1ccoc1C=O)c1nc(S(C)(=O)=O)ncc1OCC1CC1. The molecular formula is C18H21N3O5S. The number of hydrogen-bond acceptors (Lipinski definition) is 8. The minimum absolute atomic E-state index is 0.121. The van der Waals surface area contributed by atoms with Crippen LogP contribution in [0.4, 0.5) is 0 Å². The Bertz CT molecular complexity index is 975. The number of hydrogen-bond donors (Lipinski definition) is 0. The smallest absolute Gasteiger partial charge is 0.247 e. The number of ether oxygens (including phenoxy) is 1. The van der Waals surface area contributed by atoms with E-state index in [0.717, 1.165) is 19.1 Å². The summed E-state index contributed by atoms with van der Waals surface area (Å²) in [6, 6.07) is 1.63. The maximum absolute atomic E-state index is 12.0. The minimum atomic E-state index is -3.62. The van der Waals surface area contributed by atoms with Crippen molar-refractivity contribution in [1.82, 2.24) is 14.9 Å². The second kappa shape index (κ2) is 7.51. The van der Waals surface area contributed by atoms with Crippen molar-refractivity contribution in [2.75, 3.05) is 27.0 Å². The van der Waals surface area contributed by atoms with Crippen LogP contribution in [-0.4, -0.2) is 56.5 Å². The van der Waals surface area contributed by atoms with Gasteiger partial charge in [-0.1, -0.05) is 0 Å². The van der Waals surface area contributed by atoms with Gasteiger partial charge in [-0.25, -0.2) is 18.4 Å². The molecule has 1 fully saturated rings. The van der Waals surface area contributed by atoms with Crippen molar-refractivity contribution in [3.05, 3.63) is 41.7 Å². The number of nitrogens with zero attached hydrogens (tertiary/aromatic N) is 3. The van der Waals surface area contributed by atoms with Gasteiger partial charge in [0.25, 0.3) is 0 Å². The number of furan rings is 1. The van der Waals surface area contributed by atoms with Crippen LogP contribution in [0.25, 0.3) is 5.57 Å². The van der Waals surface area contributed by atoms with Gasteiger partial charge in [-0.05, 0) is 24.8 Å². The fourth-order valence-corrected chi connectivity index (χ4v) is 2.98. The van der Waals surface area contributed by atoms with Crippen molar-refractivity contribution >= 4 is 21.7 Å². The molecule has 0 aromatic carbocycles. The highest BCUT2D eigenvalue weighted by Crippen LogP contribution is 2.34. The highest BCUT2D eigenvalue weighted by molar-refractivity contribution is 7.90. The van der Waals surface area contributed by atoms with E-state index in [1.54, 1.807) is 17.2 Å². The number of aldehydes is 1. The number of carbonyl (C=O) groups is 1. The van der Waals surface area contributed by atoms with Crippen LogP contribution in [0.2, 0.25) is 0 Å². The first kappa shape index (κ1) is 19.1. The molecule has 0 atom stereocenters. The molecule has 2 heterocycles. The first-order chi connectivity index (χ1) is 12.8. The van der Waals surface area contributed by atoms with E-state index in [2.05, 4.69) is 9.97 Å². The second-order valence-electron chi connectivity index (χ2n) is 6.71. The predicted octanol–water partition coefficient (Wildman–Crippen LogP) is 2.03. The van der Waals surface area contributed by atoms with Crippen molar-refractivity contribution in [1.29, 1.82) is 0 Å². The molecule has 3 rings (SSSR count). The largest absolute Gasteiger partial charge is 0.489 e. The Hall–Kier alpha value is -2.68. The Morgan fingerprint density at radius 3 is 2.74 bits per heavy atom. The van der Waals surface area contributed by atoms with E-state index in [9.17, 15) is 13.2 Å². The number of sulfone groups is 1. The van der Waals surface area contributed by atoms with E-state index in [1.807, 2.05) is 14.1 Å². The standard InChI is InChI=1S/C18H21N3O5S/c1-21(2)9-14(13-6-7-25-16(13)10-22)17-15(26-11-12-4-5-12)8-19-18(20-17)27(3,23)24/h6-10,12H,4-5,11H2,1-3H3/b14-9+. The van der Waals surface area contributed by atoms with Gasteiger partial charge in [0.15, 0.2) is 17.8 Å². The maximum Gasteiger partial charge on any atom is 0.247 e. The van der Waals surface area contributed by atoms with Crippen LogP contribution >= 0.6 is 0 Å². The Kier molecular flexibility index (Phi) is 5.31. The van der Waals surface area contributed by atoms with E-state index in [1.165, 1.54) is 12.5 Å². The van der Waals surface area contributed by atoms with Crippen molar-refractivity contribution in [3.63, 3.8) is 0 Å². The summed E-state index contributed by atoms with van der Waals surface area (Å²) in [5.74, 6) is 0.976. The fourth-order valence-electron chi connectivity index (χ4n) is 2.48. The molecule has 1 saturated carbocycles. The Morgan fingerprint density at radius 2 is 2.15 bits per heavy atom. The van der Waals surface area contributed by atoms with Crippen molar-refractivity contribution in [3.8, 4) is 5.75 Å². The van der Waals surface area contributed by atoms with E-state index in [4.69, 9.17) is 9.15 Å². The number of rotatable bonds is 8. The molecule has 0 aliphatic heterocycles. The molecule has 27 heavy (non-hydrogen) atoms. The van der Waals surface area contributed by atoms with Gasteiger partial charge < -0.3 is 14.1 Å². The molecule has 144 valence electrons. The monoisotopic (exact) mass is 391 g/mol. The average Bonchev–Trinajstić information content (AvgIpc) is 3.32. The van der Waals surface area contributed by atoms with Gasteiger partial charge in [0.2, 0.25) is 15.0 Å². The third-order valence-electron chi connectivity index (χ3n) is 3.97. The summed E-state index contributed by atoms with van der Waals surface area (Å²) in [6.45, 7) is 0.510. The third-order valence-corrected chi connectivity index (χ3v) is 4.83. The highest BCUT2D eigenvalue weighted by atomic mass is 32.2. The molecule has 8 nitrogen and oxygen atoms in total. The summed E-state index contributed by atoms with van der Waals surface area (Å²) in [5.41, 5.74) is 1.30. The molecule has 0 bridgehead atoms. The Morgan fingerprint density at radius 1 is 1.41 bits per heavy atom. The summed E-state index contributed by atoms with van der Waals surface area (Å²) in [5, 5.41) is -0.308. The summed E-state index contributed by atoms with van der Waals surface area (Å²) >= 11 is 0. The zero-order chi connectivity index (χ0) is 19.6. The Labute approximate surface area is 157 Å². The summed E-state index contributed by atoms with van der Waals surface area (Å²) < 4.78 is 35.0. The lowest BCUT2D eigenvalue weighted by Crippen LogP contribution is -2.12. The fraction of sp³-hybridized carbons (Fsp3) is 0.389. The summed E-state index contributed by atoms with van der Waals surface area (Å²) in [6.07, 6.45) is 8.35. The zero-order valence-corrected chi connectivity index (χ0v) is 16.2. The average molecular weight is 391 g/mol. The molecule has 0 spiro atoms. The molecule has 2 aromatic heterocycles. The van der Waals surface area contributed by atoms with E-state index in [0.29, 0.717) is 41.4 Å². The molecular weight excluding hydrogens is 370 g/mol. The van der Waals surface area contributed by atoms with Crippen LogP contribution in [0, 0.1) is 5.92 Å². The quantitative estimate of drug-likeness (QED) is 0.497. The first-order valence-electron chi connectivity index (χ1n) is 8.41. The van der Waals surface area contributed by atoms with E-state index >= 15 is 0 Å². The minimum Gasteiger partial charge on any atom is -0.489 e. The molecule has 0 N–H and O–H groups in total. The third kappa shape index (κ3) is 4.54. The van der Waals surface area contributed by atoms with Gasteiger partial charge in [0.05, 0.1) is 19.1 Å². The van der Waals surface area contributed by atoms with Crippen LogP contribution in [0.3, 0.4) is 0 Å². The molecule has 1 aliphatic carbocycles. The maximum atomic E-state index is 12.0. The van der Waals surface area contributed by atoms with Crippen molar-refractivity contribution in [2.24, 2.45) is 5.92 Å². The molecule has 0 amide bonds. The Balaban J connectivity index is 2.16. The highest BCUT2D eigenvalue weighted by Gasteiger charge is 2.26. The summed E-state index contributed by atoms with van der Waals surface area (Å²) in [7, 11) is 0.0000815. The second-order valence-corrected chi connectivity index (χ2v) is 8.62.